The number of halogens is 1. The van der Waals surface area contributed by atoms with Gasteiger partial charge in [-0.3, -0.25) is 9.78 Å². The summed E-state index contributed by atoms with van der Waals surface area (Å²) in [6, 6.07) is 15.7. The number of hydrogen-bond donors (Lipinski definition) is 0. The molecular formula is C21H21BrN2O2. The van der Waals surface area contributed by atoms with Gasteiger partial charge < -0.3 is 9.30 Å². The van der Waals surface area contributed by atoms with Crippen LogP contribution in [0.3, 0.4) is 0 Å². The molecule has 0 atom stereocenters. The third-order valence-corrected chi connectivity index (χ3v) is 4.93. The van der Waals surface area contributed by atoms with E-state index >= 15 is 0 Å². The minimum atomic E-state index is -0.0580. The van der Waals surface area contributed by atoms with Crippen molar-refractivity contribution in [2.24, 2.45) is 0 Å². The highest BCUT2D eigenvalue weighted by Crippen LogP contribution is 2.12. The van der Waals surface area contributed by atoms with Crippen molar-refractivity contribution in [3.63, 3.8) is 0 Å². The van der Waals surface area contributed by atoms with Crippen LogP contribution in [-0.2, 0) is 24.9 Å². The molecule has 0 radical (unpaired) electrons. The summed E-state index contributed by atoms with van der Waals surface area (Å²) in [6.45, 7) is 3.00. The lowest BCUT2D eigenvalue weighted by Gasteiger charge is -2.10. The molecular weight excluding hydrogens is 392 g/mol. The molecule has 0 aliphatic carbocycles. The Kier molecular flexibility index (Phi) is 6.23. The monoisotopic (exact) mass is 412 g/mol. The Morgan fingerprint density at radius 2 is 1.88 bits per heavy atom. The molecule has 134 valence electrons. The Balaban J connectivity index is 1.60. The van der Waals surface area contributed by atoms with E-state index in [0.717, 1.165) is 23.0 Å². The van der Waals surface area contributed by atoms with Crippen LogP contribution in [0.2, 0.25) is 0 Å². The third-order valence-electron chi connectivity index (χ3n) is 4.28. The van der Waals surface area contributed by atoms with Gasteiger partial charge in [-0.1, -0.05) is 46.3 Å². The quantitative estimate of drug-likeness (QED) is 0.544. The highest BCUT2D eigenvalue weighted by molar-refractivity contribution is 9.08. The number of hydrogen-bond acceptors (Lipinski definition) is 3. The number of ether oxygens (including phenoxy) is 1. The summed E-state index contributed by atoms with van der Waals surface area (Å²) in [7, 11) is 0. The summed E-state index contributed by atoms with van der Waals surface area (Å²) < 4.78 is 7.42. The molecule has 3 rings (SSSR count). The zero-order valence-corrected chi connectivity index (χ0v) is 16.3. The maximum Gasteiger partial charge on any atom is 0.254 e. The molecule has 0 fully saturated rings. The zero-order valence-electron chi connectivity index (χ0n) is 14.7. The van der Waals surface area contributed by atoms with E-state index in [-0.39, 0.29) is 5.56 Å². The van der Waals surface area contributed by atoms with Gasteiger partial charge in [0.2, 0.25) is 0 Å². The van der Waals surface area contributed by atoms with Crippen LogP contribution in [0.15, 0.2) is 65.7 Å². The van der Waals surface area contributed by atoms with Gasteiger partial charge >= 0.3 is 0 Å². The number of rotatable bonds is 7. The van der Waals surface area contributed by atoms with Crippen LogP contribution >= 0.6 is 15.9 Å². The Bertz CT molecular complexity index is 920. The van der Waals surface area contributed by atoms with Crippen LogP contribution in [0.5, 0.6) is 5.75 Å². The number of nitrogens with zero attached hydrogens (tertiary/aromatic N) is 2. The van der Waals surface area contributed by atoms with Gasteiger partial charge in [0.1, 0.15) is 12.4 Å². The standard InChI is InChI=1S/C21H21BrN2O2/c1-16-3-2-10-23-20(16)15-26-19-9-12-24(21(25)13-19)11-8-17-4-6-18(14-22)7-5-17/h2-7,9-10,12-13H,8,11,14-15H2,1H3. The number of aromatic nitrogens is 2. The molecule has 0 aliphatic rings. The second-order valence-electron chi connectivity index (χ2n) is 6.15. The predicted octanol–water partition coefficient (Wildman–Crippen LogP) is 4.27. The molecule has 0 bridgehead atoms. The number of pyridine rings is 2. The SMILES string of the molecule is Cc1cccnc1COc1ccn(CCc2ccc(CBr)cc2)c(=O)c1. The minimum Gasteiger partial charge on any atom is -0.487 e. The first kappa shape index (κ1) is 18.4. The molecule has 0 N–H and O–H groups in total. The lowest BCUT2D eigenvalue weighted by atomic mass is 10.1. The molecule has 2 aromatic heterocycles. The molecule has 0 saturated heterocycles. The summed E-state index contributed by atoms with van der Waals surface area (Å²) in [5.74, 6) is 0.568. The molecule has 0 aliphatic heterocycles. The molecule has 3 aromatic rings. The van der Waals surface area contributed by atoms with Crippen molar-refractivity contribution in [2.45, 2.75) is 31.8 Å². The van der Waals surface area contributed by atoms with Crippen LogP contribution in [0.1, 0.15) is 22.4 Å². The lowest BCUT2D eigenvalue weighted by molar-refractivity contribution is 0.299. The number of alkyl halides is 1. The smallest absolute Gasteiger partial charge is 0.254 e. The van der Waals surface area contributed by atoms with Crippen molar-refractivity contribution in [3.8, 4) is 5.75 Å². The van der Waals surface area contributed by atoms with Gasteiger partial charge in [-0.25, -0.2) is 0 Å². The van der Waals surface area contributed by atoms with Crippen molar-refractivity contribution in [1.82, 2.24) is 9.55 Å². The van der Waals surface area contributed by atoms with Gasteiger partial charge in [-0.2, -0.15) is 0 Å². The fourth-order valence-corrected chi connectivity index (χ4v) is 3.00. The largest absolute Gasteiger partial charge is 0.487 e. The van der Waals surface area contributed by atoms with Crippen LogP contribution < -0.4 is 10.3 Å². The first-order chi connectivity index (χ1) is 12.7. The number of aryl methyl sites for hydroxylation is 3. The highest BCUT2D eigenvalue weighted by Gasteiger charge is 2.04. The fraction of sp³-hybridized carbons (Fsp3) is 0.238. The van der Waals surface area contributed by atoms with Gasteiger partial charge in [0.05, 0.1) is 5.69 Å². The van der Waals surface area contributed by atoms with Gasteiger partial charge in [0.25, 0.3) is 5.56 Å². The van der Waals surface area contributed by atoms with E-state index in [1.165, 1.54) is 17.2 Å². The summed E-state index contributed by atoms with van der Waals surface area (Å²) in [5, 5.41) is 0.853. The molecule has 0 saturated carbocycles. The van der Waals surface area contributed by atoms with Crippen molar-refractivity contribution >= 4 is 15.9 Å². The molecule has 0 spiro atoms. The summed E-state index contributed by atoms with van der Waals surface area (Å²) >= 11 is 3.44. The van der Waals surface area contributed by atoms with Crippen LogP contribution in [0, 0.1) is 6.92 Å². The second-order valence-corrected chi connectivity index (χ2v) is 6.71. The van der Waals surface area contributed by atoms with Crippen LogP contribution in [0.4, 0.5) is 0 Å². The topological polar surface area (TPSA) is 44.1 Å². The van der Waals surface area contributed by atoms with E-state index in [9.17, 15) is 4.79 Å². The third kappa shape index (κ3) is 4.82. The Hall–Kier alpha value is -2.40. The summed E-state index contributed by atoms with van der Waals surface area (Å²) in [4.78, 5) is 16.6. The Morgan fingerprint density at radius 1 is 1.12 bits per heavy atom. The van der Waals surface area contributed by atoms with E-state index in [4.69, 9.17) is 4.74 Å². The molecule has 2 heterocycles. The molecule has 0 unspecified atom stereocenters. The fourth-order valence-electron chi connectivity index (χ4n) is 2.63. The lowest BCUT2D eigenvalue weighted by Crippen LogP contribution is -2.19. The number of benzene rings is 1. The molecule has 0 amide bonds. The minimum absolute atomic E-state index is 0.0580. The van der Waals surface area contributed by atoms with E-state index in [2.05, 4.69) is 45.2 Å². The second kappa shape index (κ2) is 8.81. The Morgan fingerprint density at radius 3 is 2.58 bits per heavy atom. The average molecular weight is 413 g/mol. The van der Waals surface area contributed by atoms with Crippen LogP contribution in [-0.4, -0.2) is 9.55 Å². The van der Waals surface area contributed by atoms with Gasteiger partial charge in [-0.05, 0) is 42.2 Å². The van der Waals surface area contributed by atoms with Crippen molar-refractivity contribution in [2.75, 3.05) is 0 Å². The zero-order chi connectivity index (χ0) is 18.4. The van der Waals surface area contributed by atoms with E-state index in [1.807, 2.05) is 25.1 Å². The summed E-state index contributed by atoms with van der Waals surface area (Å²) in [5.41, 5.74) is 4.36. The van der Waals surface area contributed by atoms with E-state index in [1.54, 1.807) is 17.0 Å². The van der Waals surface area contributed by atoms with Crippen molar-refractivity contribution in [3.05, 3.63) is 93.7 Å². The van der Waals surface area contributed by atoms with Gasteiger partial charge in [-0.15, -0.1) is 0 Å². The summed E-state index contributed by atoms with van der Waals surface area (Å²) in [6.07, 6.45) is 4.35. The van der Waals surface area contributed by atoms with Crippen molar-refractivity contribution < 1.29 is 4.74 Å². The molecule has 1 aromatic carbocycles. The Labute approximate surface area is 161 Å². The first-order valence-corrected chi connectivity index (χ1v) is 9.65. The molecule has 5 heteroatoms. The first-order valence-electron chi connectivity index (χ1n) is 8.53. The normalized spacial score (nSPS) is 10.7. The maximum atomic E-state index is 12.3. The molecule has 4 nitrogen and oxygen atoms in total. The maximum absolute atomic E-state index is 12.3. The average Bonchev–Trinajstić information content (AvgIpc) is 2.67. The highest BCUT2D eigenvalue weighted by atomic mass is 79.9. The predicted molar refractivity (Wildman–Crippen MR) is 107 cm³/mol. The van der Waals surface area contributed by atoms with Gasteiger partial charge in [0, 0.05) is 30.3 Å². The van der Waals surface area contributed by atoms with E-state index < -0.39 is 0 Å². The van der Waals surface area contributed by atoms with Gasteiger partial charge in [0.15, 0.2) is 0 Å². The van der Waals surface area contributed by atoms with Crippen molar-refractivity contribution in [1.29, 1.82) is 0 Å². The molecule has 26 heavy (non-hydrogen) atoms. The van der Waals surface area contributed by atoms with E-state index in [0.29, 0.717) is 18.9 Å². The van der Waals surface area contributed by atoms with Crippen LogP contribution in [0.25, 0.3) is 0 Å².